The van der Waals surface area contributed by atoms with Crippen LogP contribution in [0.2, 0.25) is 0 Å². The van der Waals surface area contributed by atoms with Gasteiger partial charge in [0, 0.05) is 32.0 Å². The number of benzene rings is 2. The van der Waals surface area contributed by atoms with Crippen LogP contribution in [0.5, 0.6) is 5.75 Å². The van der Waals surface area contributed by atoms with Gasteiger partial charge in [-0.3, -0.25) is 9.59 Å². The van der Waals surface area contributed by atoms with Gasteiger partial charge in [0.15, 0.2) is 0 Å². The summed E-state index contributed by atoms with van der Waals surface area (Å²) in [7, 11) is 0. The van der Waals surface area contributed by atoms with Crippen LogP contribution in [0.4, 0.5) is 0 Å². The summed E-state index contributed by atoms with van der Waals surface area (Å²) in [5.74, 6) is 1.58. The normalized spacial score (nSPS) is 20.5. The maximum Gasteiger partial charge on any atom is 0.223 e. The fraction of sp³-hybridized carbons (Fsp3) is 0.533. The van der Waals surface area contributed by atoms with Gasteiger partial charge in [-0.2, -0.15) is 0 Å². The number of hydrogen-bond donors (Lipinski definition) is 1. The average molecular weight is 490 g/mol. The molecule has 3 fully saturated rings. The molecule has 2 amide bonds. The first-order chi connectivity index (χ1) is 17.5. The van der Waals surface area contributed by atoms with E-state index in [2.05, 4.69) is 34.5 Å². The number of nitrogens with one attached hydrogen (secondary N) is 1. The largest absolute Gasteiger partial charge is 0.494 e. The number of nitrogens with zero attached hydrogens (tertiary/aromatic N) is 2. The topological polar surface area (TPSA) is 61.9 Å². The molecule has 5 rings (SSSR count). The van der Waals surface area contributed by atoms with Crippen LogP contribution in [-0.2, 0) is 16.1 Å². The van der Waals surface area contributed by atoms with E-state index in [-0.39, 0.29) is 29.2 Å². The van der Waals surface area contributed by atoms with Crippen molar-refractivity contribution in [1.82, 2.24) is 15.1 Å². The fourth-order valence-corrected chi connectivity index (χ4v) is 5.74. The second-order valence-corrected chi connectivity index (χ2v) is 10.9. The predicted octanol–water partition coefficient (Wildman–Crippen LogP) is 4.56. The van der Waals surface area contributed by atoms with Gasteiger partial charge in [-0.25, -0.2) is 0 Å². The molecule has 0 aromatic heterocycles. The number of amides is 2. The van der Waals surface area contributed by atoms with Crippen LogP contribution in [0.25, 0.3) is 0 Å². The summed E-state index contributed by atoms with van der Waals surface area (Å²) in [5, 5.41) is 3.30. The third kappa shape index (κ3) is 6.09. The fourth-order valence-electron chi connectivity index (χ4n) is 5.74. The van der Waals surface area contributed by atoms with Crippen molar-refractivity contribution in [3.8, 4) is 5.75 Å². The number of ether oxygens (including phenoxy) is 1. The molecule has 3 aliphatic rings. The number of hydrogen-bond acceptors (Lipinski definition) is 4. The van der Waals surface area contributed by atoms with E-state index in [0.29, 0.717) is 19.6 Å². The minimum Gasteiger partial charge on any atom is -0.494 e. The summed E-state index contributed by atoms with van der Waals surface area (Å²) in [6.07, 6.45) is 5.75. The Morgan fingerprint density at radius 1 is 1.08 bits per heavy atom. The molecule has 2 aromatic carbocycles. The van der Waals surface area contributed by atoms with Gasteiger partial charge in [0.05, 0.1) is 12.6 Å². The standard InChI is InChI=1S/C30H39N3O3/c1-2-36-26-12-8-23(9-13-26)21-33-22-30(20-28(33)34)15-18-32(19-16-30)17-14-27(24-6-4-3-5-7-24)31-29(35)25-10-11-25/h3-9,12-13,25,27H,2,10-11,14-22H2,1H3,(H,31,35)/t27-/m0/s1. The molecule has 1 atom stereocenters. The van der Waals surface area contributed by atoms with E-state index < -0.39 is 0 Å². The number of carbonyl (C=O) groups is 2. The van der Waals surface area contributed by atoms with Gasteiger partial charge in [-0.15, -0.1) is 0 Å². The van der Waals surface area contributed by atoms with Gasteiger partial charge in [-0.05, 0) is 80.8 Å². The Balaban J connectivity index is 1.12. The van der Waals surface area contributed by atoms with E-state index >= 15 is 0 Å². The van der Waals surface area contributed by atoms with Crippen LogP contribution < -0.4 is 10.1 Å². The molecule has 2 saturated heterocycles. The first-order valence-corrected chi connectivity index (χ1v) is 13.6. The lowest BCUT2D eigenvalue weighted by atomic mass is 9.77. The van der Waals surface area contributed by atoms with E-state index in [1.165, 1.54) is 5.56 Å². The molecule has 0 bridgehead atoms. The highest BCUT2D eigenvalue weighted by Gasteiger charge is 2.44. The van der Waals surface area contributed by atoms with Gasteiger partial charge < -0.3 is 19.9 Å². The lowest BCUT2D eigenvalue weighted by Gasteiger charge is -2.39. The predicted molar refractivity (Wildman–Crippen MR) is 140 cm³/mol. The van der Waals surface area contributed by atoms with Gasteiger partial charge >= 0.3 is 0 Å². The van der Waals surface area contributed by atoms with Crippen LogP contribution in [0.1, 0.15) is 62.6 Å². The Kier molecular flexibility index (Phi) is 7.61. The summed E-state index contributed by atoms with van der Waals surface area (Å²) in [6.45, 7) is 7.17. The zero-order valence-electron chi connectivity index (χ0n) is 21.5. The molecule has 1 N–H and O–H groups in total. The summed E-state index contributed by atoms with van der Waals surface area (Å²) < 4.78 is 5.54. The Hall–Kier alpha value is -2.86. The number of rotatable bonds is 10. The molecule has 2 aromatic rings. The number of carbonyl (C=O) groups excluding carboxylic acids is 2. The SMILES string of the molecule is CCOc1ccc(CN2CC3(CCN(CC[C@H](NC(=O)C4CC4)c4ccccc4)CC3)CC2=O)cc1. The lowest BCUT2D eigenvalue weighted by molar-refractivity contribution is -0.128. The van der Waals surface area contributed by atoms with Gasteiger partial charge in [0.25, 0.3) is 0 Å². The summed E-state index contributed by atoms with van der Waals surface area (Å²) in [5.41, 5.74) is 2.45. The Morgan fingerprint density at radius 3 is 2.47 bits per heavy atom. The maximum atomic E-state index is 12.9. The van der Waals surface area contributed by atoms with Gasteiger partial charge in [0.1, 0.15) is 5.75 Å². The quantitative estimate of drug-likeness (QED) is 0.532. The third-order valence-corrected chi connectivity index (χ3v) is 8.13. The van der Waals surface area contributed by atoms with E-state index in [4.69, 9.17) is 4.74 Å². The highest BCUT2D eigenvalue weighted by Crippen LogP contribution is 2.41. The highest BCUT2D eigenvalue weighted by atomic mass is 16.5. The molecule has 2 aliphatic heterocycles. The monoisotopic (exact) mass is 489 g/mol. The molecule has 6 nitrogen and oxygen atoms in total. The molecule has 2 heterocycles. The zero-order valence-corrected chi connectivity index (χ0v) is 21.5. The second kappa shape index (κ2) is 11.0. The molecule has 0 unspecified atom stereocenters. The Morgan fingerprint density at radius 2 is 1.81 bits per heavy atom. The maximum absolute atomic E-state index is 12.9. The van der Waals surface area contributed by atoms with Crippen LogP contribution in [0.3, 0.4) is 0 Å². The first-order valence-electron chi connectivity index (χ1n) is 13.6. The lowest BCUT2D eigenvalue weighted by Crippen LogP contribution is -2.42. The zero-order chi connectivity index (χ0) is 25.0. The molecule has 192 valence electrons. The summed E-state index contributed by atoms with van der Waals surface area (Å²) in [4.78, 5) is 29.9. The van der Waals surface area contributed by atoms with Crippen molar-refractivity contribution in [2.75, 3.05) is 32.8 Å². The van der Waals surface area contributed by atoms with Crippen molar-refractivity contribution < 1.29 is 14.3 Å². The number of likely N-dealkylation sites (tertiary alicyclic amines) is 2. The minimum absolute atomic E-state index is 0.0628. The van der Waals surface area contributed by atoms with Crippen molar-refractivity contribution in [1.29, 1.82) is 0 Å². The molecular weight excluding hydrogens is 450 g/mol. The molecule has 0 radical (unpaired) electrons. The number of piperidine rings is 1. The second-order valence-electron chi connectivity index (χ2n) is 10.9. The Bertz CT molecular complexity index is 1030. The van der Waals surface area contributed by atoms with Gasteiger partial charge in [0.2, 0.25) is 11.8 Å². The van der Waals surface area contributed by atoms with E-state index in [1.807, 2.05) is 42.2 Å². The molecule has 1 saturated carbocycles. The van der Waals surface area contributed by atoms with E-state index in [9.17, 15) is 9.59 Å². The minimum atomic E-state index is 0.0628. The van der Waals surface area contributed by atoms with Crippen LogP contribution >= 0.6 is 0 Å². The Labute approximate surface area is 215 Å². The van der Waals surface area contributed by atoms with Crippen molar-refractivity contribution in [3.63, 3.8) is 0 Å². The molecule has 36 heavy (non-hydrogen) atoms. The molecular formula is C30H39N3O3. The summed E-state index contributed by atoms with van der Waals surface area (Å²) >= 11 is 0. The van der Waals surface area contributed by atoms with Crippen molar-refractivity contribution in [2.24, 2.45) is 11.3 Å². The van der Waals surface area contributed by atoms with Crippen molar-refractivity contribution >= 4 is 11.8 Å². The van der Waals surface area contributed by atoms with Crippen molar-refractivity contribution in [2.45, 2.75) is 58.0 Å². The first kappa shape index (κ1) is 24.8. The van der Waals surface area contributed by atoms with Crippen molar-refractivity contribution in [3.05, 3.63) is 65.7 Å². The van der Waals surface area contributed by atoms with E-state index in [0.717, 1.165) is 69.6 Å². The smallest absolute Gasteiger partial charge is 0.223 e. The molecule has 6 heteroatoms. The van der Waals surface area contributed by atoms with Crippen LogP contribution in [0, 0.1) is 11.3 Å². The summed E-state index contributed by atoms with van der Waals surface area (Å²) in [6, 6.07) is 18.5. The van der Waals surface area contributed by atoms with E-state index in [1.54, 1.807) is 0 Å². The third-order valence-electron chi connectivity index (χ3n) is 8.13. The molecule has 1 aliphatic carbocycles. The van der Waals surface area contributed by atoms with Crippen LogP contribution in [-0.4, -0.2) is 54.4 Å². The highest BCUT2D eigenvalue weighted by molar-refractivity contribution is 5.81. The molecule has 1 spiro atoms. The van der Waals surface area contributed by atoms with Crippen LogP contribution in [0.15, 0.2) is 54.6 Å². The average Bonchev–Trinajstić information content (AvgIpc) is 3.70. The van der Waals surface area contributed by atoms with Gasteiger partial charge in [-0.1, -0.05) is 42.5 Å².